The van der Waals surface area contributed by atoms with Gasteiger partial charge in [0.05, 0.1) is 0 Å². The minimum atomic E-state index is -0.935. The fraction of sp³-hybridized carbons (Fsp3) is 0.867. The van der Waals surface area contributed by atoms with Crippen molar-refractivity contribution in [3.05, 3.63) is 0 Å². The molecule has 0 aromatic heterocycles. The number of hydrogen-bond donors (Lipinski definition) is 1. The zero-order valence-corrected chi connectivity index (χ0v) is 12.8. The van der Waals surface area contributed by atoms with Gasteiger partial charge in [0.2, 0.25) is 5.91 Å². The van der Waals surface area contributed by atoms with Gasteiger partial charge in [0, 0.05) is 19.5 Å². The summed E-state index contributed by atoms with van der Waals surface area (Å²) in [6.45, 7) is 1.00. The van der Waals surface area contributed by atoms with E-state index in [4.69, 9.17) is 5.11 Å². The van der Waals surface area contributed by atoms with E-state index in [0.717, 1.165) is 6.42 Å². The van der Waals surface area contributed by atoms with E-state index < -0.39 is 5.97 Å². The molecular formula is C15H28N2O3. The molecule has 20 heavy (non-hydrogen) atoms. The van der Waals surface area contributed by atoms with Crippen LogP contribution in [0.1, 0.15) is 44.9 Å². The minimum Gasteiger partial charge on any atom is -0.480 e. The molecule has 0 aromatic carbocycles. The number of likely N-dealkylation sites (N-methyl/N-ethyl adjacent to an activating group) is 1. The van der Waals surface area contributed by atoms with E-state index in [2.05, 4.69) is 0 Å². The highest BCUT2D eigenvalue weighted by molar-refractivity contribution is 5.81. The highest BCUT2D eigenvalue weighted by atomic mass is 16.4. The summed E-state index contributed by atoms with van der Waals surface area (Å²) in [5.41, 5.74) is 0. The average Bonchev–Trinajstić information content (AvgIpc) is 2.41. The lowest BCUT2D eigenvalue weighted by Gasteiger charge is -2.25. The Kier molecular flexibility index (Phi) is 7.59. The first-order valence-electron chi connectivity index (χ1n) is 7.63. The second-order valence-corrected chi connectivity index (χ2v) is 6.06. The average molecular weight is 284 g/mol. The molecule has 1 saturated carbocycles. The summed E-state index contributed by atoms with van der Waals surface area (Å²) in [4.78, 5) is 26.5. The Bertz CT molecular complexity index is 312. The van der Waals surface area contributed by atoms with E-state index in [-0.39, 0.29) is 12.5 Å². The van der Waals surface area contributed by atoms with Crippen molar-refractivity contribution in [2.45, 2.75) is 44.9 Å². The maximum atomic E-state index is 12.2. The summed E-state index contributed by atoms with van der Waals surface area (Å²) in [5, 5.41) is 8.91. The highest BCUT2D eigenvalue weighted by Crippen LogP contribution is 2.27. The lowest BCUT2D eigenvalue weighted by Crippen LogP contribution is -2.40. The standard InChI is InChI=1S/C15H28N2O3/c1-16(2)10-11-17(12-15(19)20)14(18)9-8-13-6-4-3-5-7-13/h13H,3-12H2,1-2H3,(H,19,20). The van der Waals surface area contributed by atoms with Crippen molar-refractivity contribution in [1.82, 2.24) is 9.80 Å². The molecule has 0 aliphatic heterocycles. The van der Waals surface area contributed by atoms with E-state index >= 15 is 0 Å². The smallest absolute Gasteiger partial charge is 0.323 e. The number of carboxylic acid groups (broad SMARTS) is 1. The van der Waals surface area contributed by atoms with Crippen LogP contribution in [-0.4, -0.2) is 60.5 Å². The molecule has 0 atom stereocenters. The molecule has 5 nitrogen and oxygen atoms in total. The van der Waals surface area contributed by atoms with E-state index in [1.165, 1.54) is 37.0 Å². The third-order valence-corrected chi connectivity index (χ3v) is 3.99. The fourth-order valence-corrected chi connectivity index (χ4v) is 2.74. The molecule has 0 bridgehead atoms. The van der Waals surface area contributed by atoms with Gasteiger partial charge < -0.3 is 14.9 Å². The normalized spacial score (nSPS) is 16.4. The molecule has 0 radical (unpaired) electrons. The second kappa shape index (κ2) is 8.95. The third-order valence-electron chi connectivity index (χ3n) is 3.99. The largest absolute Gasteiger partial charge is 0.480 e. The molecule has 1 rings (SSSR count). The van der Waals surface area contributed by atoms with E-state index in [0.29, 0.717) is 25.4 Å². The molecule has 0 saturated heterocycles. The number of carboxylic acids is 1. The number of carbonyl (C=O) groups is 2. The summed E-state index contributed by atoms with van der Waals surface area (Å²) in [6.07, 6.45) is 7.73. The van der Waals surface area contributed by atoms with Gasteiger partial charge in [-0.3, -0.25) is 9.59 Å². The molecular weight excluding hydrogens is 256 g/mol. The maximum absolute atomic E-state index is 12.2. The lowest BCUT2D eigenvalue weighted by atomic mass is 9.86. The molecule has 0 unspecified atom stereocenters. The minimum absolute atomic E-state index is 0.0141. The van der Waals surface area contributed by atoms with Crippen LogP contribution in [0.15, 0.2) is 0 Å². The molecule has 116 valence electrons. The third kappa shape index (κ3) is 6.89. The molecule has 1 aliphatic carbocycles. The molecule has 1 N–H and O–H groups in total. The number of aliphatic carboxylic acids is 1. The molecule has 0 aromatic rings. The van der Waals surface area contributed by atoms with Crippen molar-refractivity contribution < 1.29 is 14.7 Å². The van der Waals surface area contributed by atoms with Crippen molar-refractivity contribution in [3.63, 3.8) is 0 Å². The van der Waals surface area contributed by atoms with Gasteiger partial charge >= 0.3 is 5.97 Å². The second-order valence-electron chi connectivity index (χ2n) is 6.06. The van der Waals surface area contributed by atoms with Gasteiger partial charge in [0.1, 0.15) is 6.54 Å². The summed E-state index contributed by atoms with van der Waals surface area (Å²) in [5.74, 6) is -0.289. The van der Waals surface area contributed by atoms with Crippen LogP contribution in [0.3, 0.4) is 0 Å². The van der Waals surface area contributed by atoms with Crippen LogP contribution in [0.4, 0.5) is 0 Å². The van der Waals surface area contributed by atoms with Crippen molar-refractivity contribution in [3.8, 4) is 0 Å². The summed E-state index contributed by atoms with van der Waals surface area (Å²) >= 11 is 0. The van der Waals surface area contributed by atoms with Crippen LogP contribution in [0.2, 0.25) is 0 Å². The monoisotopic (exact) mass is 284 g/mol. The van der Waals surface area contributed by atoms with Crippen LogP contribution in [0.25, 0.3) is 0 Å². The molecule has 0 spiro atoms. The predicted octanol–water partition coefficient (Wildman–Crippen LogP) is 1.82. The van der Waals surface area contributed by atoms with Gasteiger partial charge in [0.15, 0.2) is 0 Å². The highest BCUT2D eigenvalue weighted by Gasteiger charge is 2.19. The Labute approximate surface area is 121 Å². The SMILES string of the molecule is CN(C)CCN(CC(=O)O)C(=O)CCC1CCCCC1. The number of amides is 1. The summed E-state index contributed by atoms with van der Waals surface area (Å²) < 4.78 is 0. The molecule has 1 aliphatic rings. The van der Waals surface area contributed by atoms with Crippen molar-refractivity contribution in [2.75, 3.05) is 33.7 Å². The molecule has 1 fully saturated rings. The van der Waals surface area contributed by atoms with Gasteiger partial charge in [-0.05, 0) is 26.4 Å². The quantitative estimate of drug-likeness (QED) is 0.738. The lowest BCUT2D eigenvalue weighted by molar-refractivity contribution is -0.144. The van der Waals surface area contributed by atoms with Gasteiger partial charge in [-0.25, -0.2) is 0 Å². The first kappa shape index (κ1) is 17.0. The van der Waals surface area contributed by atoms with Crippen molar-refractivity contribution in [2.24, 2.45) is 5.92 Å². The van der Waals surface area contributed by atoms with Crippen molar-refractivity contribution >= 4 is 11.9 Å². The Morgan fingerprint density at radius 1 is 1.10 bits per heavy atom. The Morgan fingerprint density at radius 2 is 1.75 bits per heavy atom. The summed E-state index contributed by atoms with van der Waals surface area (Å²) in [7, 11) is 3.84. The number of rotatable bonds is 8. The summed E-state index contributed by atoms with van der Waals surface area (Å²) in [6, 6.07) is 0. The maximum Gasteiger partial charge on any atom is 0.323 e. The number of nitrogens with zero attached hydrogens (tertiary/aromatic N) is 2. The van der Waals surface area contributed by atoms with Gasteiger partial charge in [-0.1, -0.05) is 32.1 Å². The van der Waals surface area contributed by atoms with Crippen LogP contribution in [0, 0.1) is 5.92 Å². The van der Waals surface area contributed by atoms with E-state index in [1.807, 2.05) is 19.0 Å². The number of carbonyl (C=O) groups excluding carboxylic acids is 1. The zero-order chi connectivity index (χ0) is 15.0. The van der Waals surface area contributed by atoms with Crippen LogP contribution < -0.4 is 0 Å². The first-order chi connectivity index (χ1) is 9.49. The van der Waals surface area contributed by atoms with E-state index in [1.54, 1.807) is 0 Å². The molecule has 5 heteroatoms. The Balaban J connectivity index is 2.38. The zero-order valence-electron chi connectivity index (χ0n) is 12.8. The molecule has 0 heterocycles. The Morgan fingerprint density at radius 3 is 2.30 bits per heavy atom. The first-order valence-corrected chi connectivity index (χ1v) is 7.63. The van der Waals surface area contributed by atoms with Gasteiger partial charge in [0.25, 0.3) is 0 Å². The van der Waals surface area contributed by atoms with Crippen LogP contribution >= 0.6 is 0 Å². The molecule has 1 amide bonds. The fourth-order valence-electron chi connectivity index (χ4n) is 2.74. The van der Waals surface area contributed by atoms with Crippen LogP contribution in [-0.2, 0) is 9.59 Å². The topological polar surface area (TPSA) is 60.9 Å². The van der Waals surface area contributed by atoms with E-state index in [9.17, 15) is 9.59 Å². The van der Waals surface area contributed by atoms with Crippen molar-refractivity contribution in [1.29, 1.82) is 0 Å². The van der Waals surface area contributed by atoms with Gasteiger partial charge in [-0.2, -0.15) is 0 Å². The predicted molar refractivity (Wildman–Crippen MR) is 78.6 cm³/mol. The number of hydrogen-bond acceptors (Lipinski definition) is 3. The Hall–Kier alpha value is -1.10. The van der Waals surface area contributed by atoms with Gasteiger partial charge in [-0.15, -0.1) is 0 Å². The van der Waals surface area contributed by atoms with Crippen LogP contribution in [0.5, 0.6) is 0 Å².